The highest BCUT2D eigenvalue weighted by Crippen LogP contribution is 2.45. The molecule has 1 N–H and O–H groups in total. The van der Waals surface area contributed by atoms with Gasteiger partial charge in [0.05, 0.1) is 5.25 Å². The van der Waals surface area contributed by atoms with E-state index in [4.69, 9.17) is 0 Å². The summed E-state index contributed by atoms with van der Waals surface area (Å²) in [7, 11) is 0. The van der Waals surface area contributed by atoms with Crippen LogP contribution in [0.25, 0.3) is 0 Å². The molecular weight excluding hydrogens is 254 g/mol. The molecule has 2 fully saturated rings. The Labute approximate surface area is 118 Å². The van der Waals surface area contributed by atoms with Gasteiger partial charge in [-0.2, -0.15) is 0 Å². The Hall–Kier alpha value is -0.960. The number of benzene rings is 1. The fourth-order valence-corrected chi connectivity index (χ4v) is 4.32. The number of nitrogens with one attached hydrogen (secondary N) is 1. The standard InChI is InChI=1S/C16H19NOS/c18-16(17-15(10-5-6-10)11-7-8-11)14-9-12-3-1-2-4-13(12)19-14/h1-4,10-11,14-15H,5-9H2,(H,17,18). The van der Waals surface area contributed by atoms with Crippen molar-refractivity contribution < 1.29 is 4.79 Å². The Kier molecular flexibility index (Phi) is 2.83. The van der Waals surface area contributed by atoms with Crippen LogP contribution in [0, 0.1) is 11.8 Å². The molecule has 1 amide bonds. The predicted molar refractivity (Wildman–Crippen MR) is 77.2 cm³/mol. The first-order chi connectivity index (χ1) is 9.31. The van der Waals surface area contributed by atoms with Gasteiger partial charge < -0.3 is 5.32 Å². The monoisotopic (exact) mass is 273 g/mol. The molecule has 0 saturated heterocycles. The van der Waals surface area contributed by atoms with E-state index < -0.39 is 0 Å². The molecule has 100 valence electrons. The summed E-state index contributed by atoms with van der Waals surface area (Å²) in [5, 5.41) is 3.45. The van der Waals surface area contributed by atoms with Crippen LogP contribution in [0.2, 0.25) is 0 Å². The lowest BCUT2D eigenvalue weighted by Crippen LogP contribution is -2.42. The van der Waals surface area contributed by atoms with Gasteiger partial charge in [0.15, 0.2) is 0 Å². The zero-order valence-electron chi connectivity index (χ0n) is 11.0. The van der Waals surface area contributed by atoms with Crippen molar-refractivity contribution in [3.05, 3.63) is 29.8 Å². The van der Waals surface area contributed by atoms with Crippen LogP contribution in [0.3, 0.4) is 0 Å². The molecule has 19 heavy (non-hydrogen) atoms. The largest absolute Gasteiger partial charge is 0.352 e. The fourth-order valence-electron chi connectivity index (χ4n) is 3.12. The summed E-state index contributed by atoms with van der Waals surface area (Å²) in [5.74, 6) is 1.83. The van der Waals surface area contributed by atoms with Crippen molar-refractivity contribution in [3.63, 3.8) is 0 Å². The average molecular weight is 273 g/mol. The second-order valence-corrected chi connectivity index (χ2v) is 7.37. The Morgan fingerprint density at radius 1 is 1.16 bits per heavy atom. The van der Waals surface area contributed by atoms with Crippen molar-refractivity contribution in [2.24, 2.45) is 11.8 Å². The summed E-state index contributed by atoms with van der Waals surface area (Å²) in [4.78, 5) is 13.7. The lowest BCUT2D eigenvalue weighted by Gasteiger charge is -2.19. The Bertz CT molecular complexity index is 470. The fraction of sp³-hybridized carbons (Fsp3) is 0.562. The minimum Gasteiger partial charge on any atom is -0.352 e. The first-order valence-corrected chi connectivity index (χ1v) is 8.24. The second kappa shape index (κ2) is 4.55. The molecule has 1 heterocycles. The number of carbonyl (C=O) groups excluding carboxylic acids is 1. The molecular formula is C16H19NOS. The molecule has 1 unspecified atom stereocenters. The number of thioether (sulfide) groups is 1. The molecule has 1 aromatic rings. The topological polar surface area (TPSA) is 29.1 Å². The summed E-state index contributed by atoms with van der Waals surface area (Å²) in [6.45, 7) is 0. The third kappa shape index (κ3) is 2.40. The molecule has 1 aromatic carbocycles. The highest BCUT2D eigenvalue weighted by atomic mass is 32.2. The average Bonchev–Trinajstić information content (AvgIpc) is 3.32. The van der Waals surface area contributed by atoms with Gasteiger partial charge in [-0.1, -0.05) is 18.2 Å². The maximum Gasteiger partial charge on any atom is 0.234 e. The van der Waals surface area contributed by atoms with Gasteiger partial charge in [0.2, 0.25) is 5.91 Å². The molecule has 1 atom stereocenters. The van der Waals surface area contributed by atoms with Gasteiger partial charge in [0.25, 0.3) is 0 Å². The highest BCUT2D eigenvalue weighted by Gasteiger charge is 2.43. The minimum absolute atomic E-state index is 0.0948. The molecule has 4 rings (SSSR count). The van der Waals surface area contributed by atoms with Crippen molar-refractivity contribution in [1.29, 1.82) is 0 Å². The van der Waals surface area contributed by atoms with Gasteiger partial charge in [0.1, 0.15) is 0 Å². The third-order valence-electron chi connectivity index (χ3n) is 4.51. The van der Waals surface area contributed by atoms with Crippen molar-refractivity contribution in [1.82, 2.24) is 5.32 Å². The summed E-state index contributed by atoms with van der Waals surface area (Å²) >= 11 is 1.74. The Balaban J connectivity index is 1.41. The summed E-state index contributed by atoms with van der Waals surface area (Å²) in [5.41, 5.74) is 1.34. The van der Waals surface area contributed by atoms with Crippen LogP contribution in [-0.4, -0.2) is 17.2 Å². The molecule has 2 nitrogen and oxygen atoms in total. The minimum atomic E-state index is 0.0948. The maximum atomic E-state index is 12.5. The van der Waals surface area contributed by atoms with E-state index in [0.717, 1.165) is 18.3 Å². The maximum absolute atomic E-state index is 12.5. The molecule has 3 aliphatic rings. The normalized spacial score (nSPS) is 25.4. The van der Waals surface area contributed by atoms with Crippen LogP contribution in [0.15, 0.2) is 29.2 Å². The molecule has 3 heteroatoms. The molecule has 0 aromatic heterocycles. The highest BCUT2D eigenvalue weighted by molar-refractivity contribution is 8.01. The van der Waals surface area contributed by atoms with Gasteiger partial charge >= 0.3 is 0 Å². The van der Waals surface area contributed by atoms with E-state index >= 15 is 0 Å². The van der Waals surface area contributed by atoms with E-state index in [-0.39, 0.29) is 11.2 Å². The van der Waals surface area contributed by atoms with Crippen LogP contribution in [0.1, 0.15) is 31.2 Å². The van der Waals surface area contributed by atoms with Gasteiger partial charge in [-0.05, 0) is 55.6 Å². The number of rotatable bonds is 4. The number of carbonyl (C=O) groups is 1. The van der Waals surface area contributed by atoms with Gasteiger partial charge in [0, 0.05) is 10.9 Å². The van der Waals surface area contributed by atoms with Gasteiger partial charge in [-0.15, -0.1) is 11.8 Å². The van der Waals surface area contributed by atoms with Crippen molar-refractivity contribution >= 4 is 17.7 Å². The molecule has 0 radical (unpaired) electrons. The molecule has 0 spiro atoms. The molecule has 0 bridgehead atoms. The smallest absolute Gasteiger partial charge is 0.234 e. The molecule has 1 aliphatic heterocycles. The van der Waals surface area contributed by atoms with Gasteiger partial charge in [-0.25, -0.2) is 0 Å². The van der Waals surface area contributed by atoms with Crippen molar-refractivity contribution in [2.45, 2.75) is 48.3 Å². The number of amides is 1. The number of hydrogen-bond donors (Lipinski definition) is 1. The lowest BCUT2D eigenvalue weighted by molar-refractivity contribution is -0.121. The zero-order valence-corrected chi connectivity index (χ0v) is 11.8. The van der Waals surface area contributed by atoms with Crippen LogP contribution in [0.5, 0.6) is 0 Å². The Morgan fingerprint density at radius 3 is 2.47 bits per heavy atom. The van der Waals surface area contributed by atoms with Crippen LogP contribution in [-0.2, 0) is 11.2 Å². The quantitative estimate of drug-likeness (QED) is 0.913. The third-order valence-corrected chi connectivity index (χ3v) is 5.83. The predicted octanol–water partition coefficient (Wildman–Crippen LogP) is 3.01. The molecule has 2 aliphatic carbocycles. The summed E-state index contributed by atoms with van der Waals surface area (Å²) < 4.78 is 0. The number of fused-ring (bicyclic) bond motifs is 1. The van der Waals surface area contributed by atoms with Gasteiger partial charge in [-0.3, -0.25) is 4.79 Å². The van der Waals surface area contributed by atoms with Crippen LogP contribution < -0.4 is 5.32 Å². The molecule has 2 saturated carbocycles. The van der Waals surface area contributed by atoms with E-state index in [1.807, 2.05) is 0 Å². The lowest BCUT2D eigenvalue weighted by atomic mass is 10.1. The van der Waals surface area contributed by atoms with E-state index in [1.54, 1.807) is 11.8 Å². The zero-order chi connectivity index (χ0) is 12.8. The summed E-state index contributed by atoms with van der Waals surface area (Å²) in [6, 6.07) is 8.89. The Morgan fingerprint density at radius 2 is 1.84 bits per heavy atom. The first kappa shape index (κ1) is 11.8. The van der Waals surface area contributed by atoms with Crippen molar-refractivity contribution in [2.75, 3.05) is 0 Å². The second-order valence-electron chi connectivity index (χ2n) is 6.13. The van der Waals surface area contributed by atoms with E-state index in [0.29, 0.717) is 6.04 Å². The van der Waals surface area contributed by atoms with E-state index in [2.05, 4.69) is 29.6 Å². The number of hydrogen-bond acceptors (Lipinski definition) is 2. The van der Waals surface area contributed by atoms with Crippen LogP contribution in [0.4, 0.5) is 0 Å². The summed E-state index contributed by atoms with van der Waals surface area (Å²) in [6.07, 6.45) is 6.17. The van der Waals surface area contributed by atoms with Crippen LogP contribution >= 0.6 is 11.8 Å². The SMILES string of the molecule is O=C(NC(C1CC1)C1CC1)C1Cc2ccccc2S1. The van der Waals surface area contributed by atoms with E-state index in [1.165, 1.54) is 36.1 Å². The first-order valence-electron chi connectivity index (χ1n) is 7.36. The van der Waals surface area contributed by atoms with Crippen molar-refractivity contribution in [3.8, 4) is 0 Å². The van der Waals surface area contributed by atoms with E-state index in [9.17, 15) is 4.79 Å².